The van der Waals surface area contributed by atoms with Gasteiger partial charge >= 0.3 is 5.97 Å². The zero-order valence-corrected chi connectivity index (χ0v) is 8.88. The number of carboxylic acids is 1. The van der Waals surface area contributed by atoms with E-state index in [2.05, 4.69) is 4.98 Å². The van der Waals surface area contributed by atoms with Crippen LogP contribution in [0.1, 0.15) is 6.42 Å². The van der Waals surface area contributed by atoms with Crippen LogP contribution >= 0.6 is 11.8 Å². The third kappa shape index (κ3) is 2.33. The molecule has 0 unspecified atom stereocenters. The molecule has 0 aliphatic carbocycles. The van der Waals surface area contributed by atoms with Crippen LogP contribution in [0.4, 0.5) is 0 Å². The van der Waals surface area contributed by atoms with E-state index < -0.39 is 5.97 Å². The Balaban J connectivity index is 2.11. The molecule has 15 heavy (non-hydrogen) atoms. The van der Waals surface area contributed by atoms with E-state index in [0.717, 1.165) is 15.8 Å². The molecule has 0 radical (unpaired) electrons. The SMILES string of the molecule is O=C(O)CCSc1c[nH]c2ccccc12. The zero-order valence-electron chi connectivity index (χ0n) is 8.06. The highest BCUT2D eigenvalue weighted by Crippen LogP contribution is 2.27. The fourth-order valence-electron chi connectivity index (χ4n) is 1.41. The Morgan fingerprint density at radius 3 is 3.00 bits per heavy atom. The van der Waals surface area contributed by atoms with Gasteiger partial charge in [0.15, 0.2) is 0 Å². The lowest BCUT2D eigenvalue weighted by atomic mass is 10.2. The predicted molar refractivity (Wildman–Crippen MR) is 61.3 cm³/mol. The smallest absolute Gasteiger partial charge is 0.304 e. The first-order valence-corrected chi connectivity index (χ1v) is 5.66. The monoisotopic (exact) mass is 221 g/mol. The van der Waals surface area contributed by atoms with E-state index in [1.54, 1.807) is 11.8 Å². The van der Waals surface area contributed by atoms with Crippen molar-refractivity contribution in [1.82, 2.24) is 4.98 Å². The topological polar surface area (TPSA) is 53.1 Å². The molecule has 1 aromatic carbocycles. The molecule has 0 saturated heterocycles. The molecule has 0 saturated carbocycles. The van der Waals surface area contributed by atoms with Gasteiger partial charge < -0.3 is 10.1 Å². The van der Waals surface area contributed by atoms with E-state index >= 15 is 0 Å². The number of H-pyrrole nitrogens is 1. The molecule has 4 heteroatoms. The van der Waals surface area contributed by atoms with Crippen LogP contribution < -0.4 is 0 Å². The first-order valence-electron chi connectivity index (χ1n) is 4.68. The Labute approximate surface area is 91.5 Å². The number of carbonyl (C=O) groups is 1. The summed E-state index contributed by atoms with van der Waals surface area (Å²) in [7, 11) is 0. The van der Waals surface area contributed by atoms with Crippen molar-refractivity contribution in [3.05, 3.63) is 30.5 Å². The first kappa shape index (κ1) is 10.1. The van der Waals surface area contributed by atoms with E-state index in [4.69, 9.17) is 5.11 Å². The molecule has 0 atom stereocenters. The van der Waals surface area contributed by atoms with Crippen molar-refractivity contribution in [2.75, 3.05) is 5.75 Å². The van der Waals surface area contributed by atoms with Gasteiger partial charge in [-0.15, -0.1) is 11.8 Å². The molecular formula is C11H11NO2S. The van der Waals surface area contributed by atoms with Gasteiger partial charge in [0.05, 0.1) is 6.42 Å². The summed E-state index contributed by atoms with van der Waals surface area (Å²) in [6.07, 6.45) is 2.13. The van der Waals surface area contributed by atoms with E-state index in [9.17, 15) is 4.79 Å². The average Bonchev–Trinajstić information content (AvgIpc) is 2.62. The van der Waals surface area contributed by atoms with Crippen LogP contribution in [0, 0.1) is 0 Å². The van der Waals surface area contributed by atoms with Crippen LogP contribution in [0.5, 0.6) is 0 Å². The van der Waals surface area contributed by atoms with Crippen molar-refractivity contribution in [3.8, 4) is 0 Å². The predicted octanol–water partition coefficient (Wildman–Crippen LogP) is 2.73. The van der Waals surface area contributed by atoms with Crippen molar-refractivity contribution in [2.45, 2.75) is 11.3 Å². The number of carboxylic acid groups (broad SMARTS) is 1. The number of benzene rings is 1. The highest BCUT2D eigenvalue weighted by Gasteiger charge is 2.04. The molecule has 78 valence electrons. The minimum absolute atomic E-state index is 0.199. The number of aromatic amines is 1. The van der Waals surface area contributed by atoms with E-state index in [1.807, 2.05) is 30.5 Å². The van der Waals surface area contributed by atoms with Gasteiger partial charge in [0.25, 0.3) is 0 Å². The number of aromatic nitrogens is 1. The number of fused-ring (bicyclic) bond motifs is 1. The maximum Gasteiger partial charge on any atom is 0.304 e. The van der Waals surface area contributed by atoms with Gasteiger partial charge in [-0.05, 0) is 6.07 Å². The number of rotatable bonds is 4. The van der Waals surface area contributed by atoms with Crippen LogP contribution in [-0.2, 0) is 4.79 Å². The molecule has 0 bridgehead atoms. The largest absolute Gasteiger partial charge is 0.481 e. The number of para-hydroxylation sites is 1. The van der Waals surface area contributed by atoms with Crippen molar-refractivity contribution in [2.24, 2.45) is 0 Å². The second-order valence-corrected chi connectivity index (χ2v) is 4.33. The Kier molecular flexibility index (Phi) is 2.97. The van der Waals surface area contributed by atoms with Gasteiger partial charge in [0.2, 0.25) is 0 Å². The Morgan fingerprint density at radius 2 is 2.20 bits per heavy atom. The zero-order chi connectivity index (χ0) is 10.7. The van der Waals surface area contributed by atoms with Crippen LogP contribution in [0.25, 0.3) is 10.9 Å². The van der Waals surface area contributed by atoms with Gasteiger partial charge in [0, 0.05) is 27.7 Å². The maximum absolute atomic E-state index is 10.4. The van der Waals surface area contributed by atoms with Crippen molar-refractivity contribution in [3.63, 3.8) is 0 Å². The Bertz CT molecular complexity index is 478. The number of nitrogens with one attached hydrogen (secondary N) is 1. The van der Waals surface area contributed by atoms with Crippen LogP contribution in [-0.4, -0.2) is 21.8 Å². The van der Waals surface area contributed by atoms with Gasteiger partial charge in [-0.1, -0.05) is 18.2 Å². The minimum atomic E-state index is -0.748. The van der Waals surface area contributed by atoms with Crippen molar-refractivity contribution in [1.29, 1.82) is 0 Å². The standard InChI is InChI=1S/C11H11NO2S/c13-11(14)5-6-15-10-7-12-9-4-2-1-3-8(9)10/h1-4,7,12H,5-6H2,(H,13,14). The summed E-state index contributed by atoms with van der Waals surface area (Å²) in [6.45, 7) is 0. The van der Waals surface area contributed by atoms with Gasteiger partial charge in [0.1, 0.15) is 0 Å². The van der Waals surface area contributed by atoms with Crippen LogP contribution in [0.2, 0.25) is 0 Å². The normalized spacial score (nSPS) is 10.7. The third-order valence-electron chi connectivity index (χ3n) is 2.12. The second kappa shape index (κ2) is 4.40. The molecule has 3 nitrogen and oxygen atoms in total. The van der Waals surface area contributed by atoms with Gasteiger partial charge in [-0.3, -0.25) is 4.79 Å². The summed E-state index contributed by atoms with van der Waals surface area (Å²) in [5.74, 6) is -0.140. The Morgan fingerprint density at radius 1 is 1.40 bits per heavy atom. The highest BCUT2D eigenvalue weighted by atomic mass is 32.2. The molecule has 0 aliphatic rings. The fourth-order valence-corrected chi connectivity index (χ4v) is 2.38. The van der Waals surface area contributed by atoms with Gasteiger partial charge in [-0.25, -0.2) is 0 Å². The summed E-state index contributed by atoms with van der Waals surface area (Å²) in [6, 6.07) is 8.01. The lowest BCUT2D eigenvalue weighted by Gasteiger charge is -1.96. The molecule has 2 N–H and O–H groups in total. The second-order valence-electron chi connectivity index (χ2n) is 3.19. The first-order chi connectivity index (χ1) is 7.27. The van der Waals surface area contributed by atoms with Gasteiger partial charge in [-0.2, -0.15) is 0 Å². The van der Waals surface area contributed by atoms with E-state index in [-0.39, 0.29) is 6.42 Å². The molecule has 0 aliphatic heterocycles. The lowest BCUT2D eigenvalue weighted by molar-refractivity contribution is -0.136. The minimum Gasteiger partial charge on any atom is -0.481 e. The lowest BCUT2D eigenvalue weighted by Crippen LogP contribution is -1.95. The van der Waals surface area contributed by atoms with E-state index in [0.29, 0.717) is 5.75 Å². The number of aliphatic carboxylic acids is 1. The summed E-state index contributed by atoms with van der Waals surface area (Å²) in [5.41, 5.74) is 1.09. The Hall–Kier alpha value is -1.42. The summed E-state index contributed by atoms with van der Waals surface area (Å²) in [4.78, 5) is 14.6. The molecule has 2 rings (SSSR count). The summed E-state index contributed by atoms with van der Waals surface area (Å²) < 4.78 is 0. The number of thioether (sulfide) groups is 1. The molecular weight excluding hydrogens is 210 g/mol. The molecule has 0 fully saturated rings. The van der Waals surface area contributed by atoms with E-state index in [1.165, 1.54) is 0 Å². The molecule has 0 spiro atoms. The van der Waals surface area contributed by atoms with Crippen molar-refractivity contribution >= 4 is 28.6 Å². The molecule has 0 amide bonds. The fraction of sp³-hybridized carbons (Fsp3) is 0.182. The maximum atomic E-state index is 10.4. The van der Waals surface area contributed by atoms with Crippen LogP contribution in [0.3, 0.4) is 0 Å². The quantitative estimate of drug-likeness (QED) is 0.780. The number of hydrogen-bond donors (Lipinski definition) is 2. The third-order valence-corrected chi connectivity index (χ3v) is 3.18. The molecule has 1 heterocycles. The number of hydrogen-bond acceptors (Lipinski definition) is 2. The average molecular weight is 221 g/mol. The summed E-state index contributed by atoms with van der Waals surface area (Å²) in [5, 5.41) is 9.69. The molecule has 2 aromatic rings. The van der Waals surface area contributed by atoms with Crippen molar-refractivity contribution < 1.29 is 9.90 Å². The van der Waals surface area contributed by atoms with Crippen LogP contribution in [0.15, 0.2) is 35.4 Å². The molecule has 1 aromatic heterocycles. The summed E-state index contributed by atoms with van der Waals surface area (Å²) >= 11 is 1.57. The highest BCUT2D eigenvalue weighted by molar-refractivity contribution is 7.99.